The fourth-order valence-electron chi connectivity index (χ4n) is 3.46. The number of hydrogen-bond acceptors (Lipinski definition) is 2. The third-order valence-corrected chi connectivity index (χ3v) is 4.72. The molecule has 1 aliphatic carbocycles. The summed E-state index contributed by atoms with van der Waals surface area (Å²) in [5.41, 5.74) is 5.39. The lowest BCUT2D eigenvalue weighted by Crippen LogP contribution is -2.13. The minimum absolute atomic E-state index is 0.136. The minimum atomic E-state index is -0.335. The predicted octanol–water partition coefficient (Wildman–Crippen LogP) is 5.26. The Morgan fingerprint density at radius 2 is 1.88 bits per heavy atom. The van der Waals surface area contributed by atoms with Crippen molar-refractivity contribution >= 4 is 0 Å². The highest BCUT2D eigenvalue weighted by Crippen LogP contribution is 2.28. The zero-order valence-corrected chi connectivity index (χ0v) is 15.6. The Bertz CT molecular complexity index is 946. The van der Waals surface area contributed by atoms with Crippen LogP contribution in [0, 0.1) is 0 Å². The Hall–Kier alpha value is -2.81. The van der Waals surface area contributed by atoms with Gasteiger partial charge in [-0.25, -0.2) is 0 Å². The van der Waals surface area contributed by atoms with Crippen LogP contribution in [-0.4, -0.2) is 9.67 Å². The summed E-state index contributed by atoms with van der Waals surface area (Å²) in [7, 11) is 0. The highest BCUT2D eigenvalue weighted by Gasteiger charge is 2.15. The summed E-state index contributed by atoms with van der Waals surface area (Å²) in [6, 6.07) is 11.4. The van der Waals surface area contributed by atoms with Gasteiger partial charge in [-0.05, 0) is 38.8 Å². The van der Waals surface area contributed by atoms with Crippen molar-refractivity contribution in [1.82, 2.24) is 4.57 Å². The first kappa shape index (κ1) is 18.0. The molecule has 1 atom stereocenters. The molecule has 0 amide bonds. The molecule has 3 rings (SSSR count). The first-order chi connectivity index (χ1) is 12.4. The van der Waals surface area contributed by atoms with Crippen LogP contribution < -0.4 is 5.43 Å². The number of nitrogens with zero attached hydrogens (tertiary/aromatic N) is 1. The number of aromatic nitrogens is 1. The molecule has 3 nitrogen and oxygen atoms in total. The molecule has 0 bridgehead atoms. The molecule has 1 aliphatic rings. The fourth-order valence-corrected chi connectivity index (χ4v) is 3.46. The normalized spacial score (nSPS) is 15.6. The van der Waals surface area contributed by atoms with Crippen molar-refractivity contribution in [3.63, 3.8) is 0 Å². The summed E-state index contributed by atoms with van der Waals surface area (Å²) in [5.74, 6) is -0.0914. The second-order valence-electron chi connectivity index (χ2n) is 7.12. The van der Waals surface area contributed by atoms with E-state index < -0.39 is 0 Å². The predicted molar refractivity (Wildman–Crippen MR) is 107 cm³/mol. The largest absolute Gasteiger partial charge is 0.503 e. The van der Waals surface area contributed by atoms with Gasteiger partial charge in [0.2, 0.25) is 5.43 Å². The molecule has 0 aliphatic heterocycles. The summed E-state index contributed by atoms with van der Waals surface area (Å²) in [4.78, 5) is 12.1. The zero-order chi connectivity index (χ0) is 18.7. The highest BCUT2D eigenvalue weighted by atomic mass is 16.3. The van der Waals surface area contributed by atoms with Crippen molar-refractivity contribution in [3.05, 3.63) is 93.5 Å². The molecule has 3 heteroatoms. The van der Waals surface area contributed by atoms with Crippen LogP contribution in [0.15, 0.2) is 82.3 Å². The van der Waals surface area contributed by atoms with Gasteiger partial charge in [-0.15, -0.1) is 0 Å². The molecule has 134 valence electrons. The third-order valence-electron chi connectivity index (χ3n) is 4.72. The Morgan fingerprint density at radius 1 is 1.15 bits per heavy atom. The van der Waals surface area contributed by atoms with Gasteiger partial charge in [0.05, 0.1) is 6.20 Å². The second kappa shape index (κ2) is 7.61. The number of rotatable bonds is 4. The molecular formula is C23H25NO2. The number of allylic oxidation sites excluding steroid dienone is 6. The van der Waals surface area contributed by atoms with Gasteiger partial charge in [0.1, 0.15) is 0 Å². The Balaban J connectivity index is 1.97. The number of hydrogen-bond donors (Lipinski definition) is 1. The number of benzene rings is 1. The van der Waals surface area contributed by atoms with Crippen LogP contribution in [0.4, 0.5) is 0 Å². The van der Waals surface area contributed by atoms with Gasteiger partial charge in [-0.1, -0.05) is 60.1 Å². The van der Waals surface area contributed by atoms with E-state index in [1.54, 1.807) is 6.07 Å². The van der Waals surface area contributed by atoms with E-state index in [4.69, 9.17) is 0 Å². The van der Waals surface area contributed by atoms with Crippen molar-refractivity contribution in [2.75, 3.05) is 0 Å². The standard InChI is InChI=1S/C23H25NO2/c1-16-9-10-19(12-17(2)11-16)13-18(3)21-14-22(25)23(26)15-24(21)20-7-5-4-6-8-20/h4-8,10-12,14-15,18,26H,9,13H2,1-3H3. The van der Waals surface area contributed by atoms with Gasteiger partial charge in [0.25, 0.3) is 0 Å². The average molecular weight is 347 g/mol. The lowest BCUT2D eigenvalue weighted by molar-refractivity contribution is 0.463. The second-order valence-corrected chi connectivity index (χ2v) is 7.12. The van der Waals surface area contributed by atoms with Crippen molar-refractivity contribution in [1.29, 1.82) is 0 Å². The summed E-state index contributed by atoms with van der Waals surface area (Å²) in [6.45, 7) is 6.39. The molecule has 1 heterocycles. The van der Waals surface area contributed by atoms with Gasteiger partial charge in [0, 0.05) is 23.4 Å². The molecule has 0 spiro atoms. The summed E-state index contributed by atoms with van der Waals surface area (Å²) in [5, 5.41) is 9.93. The molecule has 26 heavy (non-hydrogen) atoms. The van der Waals surface area contributed by atoms with Crippen LogP contribution >= 0.6 is 0 Å². The third kappa shape index (κ3) is 4.05. The van der Waals surface area contributed by atoms with Gasteiger partial charge in [0.15, 0.2) is 5.75 Å². The van der Waals surface area contributed by atoms with Crippen LogP contribution in [0.2, 0.25) is 0 Å². The van der Waals surface area contributed by atoms with E-state index in [2.05, 4.69) is 39.0 Å². The van der Waals surface area contributed by atoms with E-state index in [0.29, 0.717) is 0 Å². The highest BCUT2D eigenvalue weighted by molar-refractivity contribution is 5.40. The van der Waals surface area contributed by atoms with Gasteiger partial charge < -0.3 is 9.67 Å². The zero-order valence-electron chi connectivity index (χ0n) is 15.6. The molecule has 0 fully saturated rings. The van der Waals surface area contributed by atoms with Crippen LogP contribution in [0.25, 0.3) is 5.69 Å². The molecule has 2 aromatic rings. The number of para-hydroxylation sites is 1. The van der Waals surface area contributed by atoms with E-state index in [1.807, 2.05) is 34.9 Å². The monoisotopic (exact) mass is 347 g/mol. The van der Waals surface area contributed by atoms with Crippen LogP contribution in [0.1, 0.15) is 45.2 Å². The van der Waals surface area contributed by atoms with E-state index in [9.17, 15) is 9.90 Å². The van der Waals surface area contributed by atoms with E-state index in [-0.39, 0.29) is 17.1 Å². The summed E-state index contributed by atoms with van der Waals surface area (Å²) < 4.78 is 1.92. The van der Waals surface area contributed by atoms with Gasteiger partial charge >= 0.3 is 0 Å². The Morgan fingerprint density at radius 3 is 2.62 bits per heavy atom. The number of pyridine rings is 1. The van der Waals surface area contributed by atoms with Crippen molar-refractivity contribution in [2.45, 2.75) is 39.5 Å². The van der Waals surface area contributed by atoms with E-state index in [1.165, 1.54) is 22.9 Å². The summed E-state index contributed by atoms with van der Waals surface area (Å²) >= 11 is 0. The van der Waals surface area contributed by atoms with Crippen molar-refractivity contribution in [2.24, 2.45) is 0 Å². The maximum Gasteiger partial charge on any atom is 0.223 e. The summed E-state index contributed by atoms with van der Waals surface area (Å²) in [6.07, 6.45) is 10.0. The molecule has 0 saturated carbocycles. The van der Waals surface area contributed by atoms with E-state index >= 15 is 0 Å². The first-order valence-electron chi connectivity index (χ1n) is 8.99. The number of aromatic hydroxyl groups is 1. The van der Waals surface area contributed by atoms with Crippen LogP contribution in [-0.2, 0) is 0 Å². The topological polar surface area (TPSA) is 42.2 Å². The maximum atomic E-state index is 12.1. The smallest absolute Gasteiger partial charge is 0.223 e. The van der Waals surface area contributed by atoms with Gasteiger partial charge in [-0.2, -0.15) is 0 Å². The maximum absolute atomic E-state index is 12.1. The average Bonchev–Trinajstić information content (AvgIpc) is 2.77. The minimum Gasteiger partial charge on any atom is -0.503 e. The molecule has 1 aromatic carbocycles. The molecule has 1 aromatic heterocycles. The van der Waals surface area contributed by atoms with Crippen molar-refractivity contribution in [3.8, 4) is 11.4 Å². The van der Waals surface area contributed by atoms with Crippen LogP contribution in [0.5, 0.6) is 5.75 Å². The fraction of sp³-hybridized carbons (Fsp3) is 0.261. The quantitative estimate of drug-likeness (QED) is 0.820. The SMILES string of the molecule is CC1=CC(CC(C)c2cc(=O)c(O)cn2-c2ccccc2)=CCC(C)=C1. The molecular weight excluding hydrogens is 322 g/mol. The molecule has 0 saturated heterocycles. The van der Waals surface area contributed by atoms with E-state index in [0.717, 1.165) is 24.2 Å². The molecule has 0 radical (unpaired) electrons. The van der Waals surface area contributed by atoms with Crippen molar-refractivity contribution < 1.29 is 5.11 Å². The Kier molecular flexibility index (Phi) is 5.27. The lowest BCUT2D eigenvalue weighted by Gasteiger charge is -2.20. The molecule has 1 unspecified atom stereocenters. The van der Waals surface area contributed by atoms with Crippen LogP contribution in [0.3, 0.4) is 0 Å². The lowest BCUT2D eigenvalue weighted by atomic mass is 9.95. The Labute approximate surface area is 154 Å². The molecule has 1 N–H and O–H groups in total. The van der Waals surface area contributed by atoms with Gasteiger partial charge in [-0.3, -0.25) is 4.79 Å². The first-order valence-corrected chi connectivity index (χ1v) is 8.99.